The quantitative estimate of drug-likeness (QED) is 0.623. The minimum atomic E-state index is -0.721. The average Bonchev–Trinajstić information content (AvgIpc) is 3.18. The molecule has 1 saturated carbocycles. The van der Waals surface area contributed by atoms with Crippen LogP contribution in [0, 0.1) is 23.7 Å². The van der Waals surface area contributed by atoms with Gasteiger partial charge in [0.2, 0.25) is 5.91 Å². The number of nitrogens with one attached hydrogen (secondary N) is 1. The number of carbonyl (C=O) groups excluding carboxylic acids is 2. The van der Waals surface area contributed by atoms with Crippen molar-refractivity contribution in [1.29, 1.82) is 0 Å². The molecule has 0 aromatic heterocycles. The molecule has 0 bridgehead atoms. The Morgan fingerprint density at radius 2 is 1.86 bits per heavy atom. The molecule has 1 aliphatic carbocycles. The smallest absolute Gasteiger partial charge is 0.338 e. The SMILES string of the molecule is CC#CC12CC(OC(=O)c3ccc(-c4ccccc4)cc3)C(CO)C1CC(=O)N2. The van der Waals surface area contributed by atoms with Gasteiger partial charge in [0.25, 0.3) is 0 Å². The van der Waals surface area contributed by atoms with Gasteiger partial charge in [-0.25, -0.2) is 4.79 Å². The van der Waals surface area contributed by atoms with Crippen molar-refractivity contribution >= 4 is 11.9 Å². The number of ether oxygens (including phenoxy) is 1. The molecule has 1 aliphatic heterocycles. The van der Waals surface area contributed by atoms with Gasteiger partial charge in [-0.1, -0.05) is 48.4 Å². The van der Waals surface area contributed by atoms with E-state index in [1.807, 2.05) is 42.5 Å². The van der Waals surface area contributed by atoms with Crippen molar-refractivity contribution in [2.45, 2.75) is 31.4 Å². The molecule has 1 amide bonds. The molecule has 5 heteroatoms. The third-order valence-corrected chi connectivity index (χ3v) is 5.96. The number of hydrogen-bond donors (Lipinski definition) is 2. The Morgan fingerprint density at radius 3 is 2.52 bits per heavy atom. The predicted octanol–water partition coefficient (Wildman–Crippen LogP) is 2.79. The predicted molar refractivity (Wildman–Crippen MR) is 109 cm³/mol. The minimum Gasteiger partial charge on any atom is -0.458 e. The number of benzene rings is 2. The van der Waals surface area contributed by atoms with Gasteiger partial charge in [-0.2, -0.15) is 0 Å². The maximum Gasteiger partial charge on any atom is 0.338 e. The second kappa shape index (κ2) is 7.73. The fraction of sp³-hybridized carbons (Fsp3) is 0.333. The first-order chi connectivity index (χ1) is 14.1. The van der Waals surface area contributed by atoms with Gasteiger partial charge >= 0.3 is 5.97 Å². The van der Waals surface area contributed by atoms with Crippen molar-refractivity contribution < 1.29 is 19.4 Å². The molecule has 2 aromatic rings. The Kier molecular flexibility index (Phi) is 5.12. The van der Waals surface area contributed by atoms with Gasteiger partial charge in [0.05, 0.1) is 5.56 Å². The first kappa shape index (κ1) is 19.2. The second-order valence-corrected chi connectivity index (χ2v) is 7.64. The van der Waals surface area contributed by atoms with Crippen LogP contribution in [0.25, 0.3) is 11.1 Å². The van der Waals surface area contributed by atoms with Gasteiger partial charge in [-0.3, -0.25) is 4.79 Å². The van der Waals surface area contributed by atoms with Crippen molar-refractivity contribution in [2.24, 2.45) is 11.8 Å². The van der Waals surface area contributed by atoms with Crippen molar-refractivity contribution in [3.8, 4) is 23.0 Å². The van der Waals surface area contributed by atoms with E-state index in [0.717, 1.165) is 11.1 Å². The van der Waals surface area contributed by atoms with E-state index in [0.29, 0.717) is 18.4 Å². The third kappa shape index (κ3) is 3.52. The Bertz CT molecular complexity index is 973. The lowest BCUT2D eigenvalue weighted by Gasteiger charge is -2.23. The molecule has 2 aromatic carbocycles. The molecule has 148 valence electrons. The molecular formula is C24H23NO4. The average molecular weight is 389 g/mol. The van der Waals surface area contributed by atoms with E-state index >= 15 is 0 Å². The normalized spacial score (nSPS) is 27.5. The van der Waals surface area contributed by atoms with E-state index < -0.39 is 17.6 Å². The summed E-state index contributed by atoms with van der Waals surface area (Å²) in [5, 5.41) is 12.9. The van der Waals surface area contributed by atoms with Crippen molar-refractivity contribution in [1.82, 2.24) is 5.32 Å². The summed E-state index contributed by atoms with van der Waals surface area (Å²) in [6, 6.07) is 17.2. The molecule has 2 fully saturated rings. The van der Waals surface area contributed by atoms with Crippen LogP contribution < -0.4 is 5.32 Å². The lowest BCUT2D eigenvalue weighted by molar-refractivity contribution is -0.120. The first-order valence-corrected chi connectivity index (χ1v) is 9.78. The number of hydrogen-bond acceptors (Lipinski definition) is 4. The zero-order chi connectivity index (χ0) is 20.4. The number of fused-ring (bicyclic) bond motifs is 1. The molecule has 1 heterocycles. The van der Waals surface area contributed by atoms with Crippen LogP contribution in [0.3, 0.4) is 0 Å². The standard InChI is InChI=1S/C24H23NO4/c1-2-12-24-14-21(19(15-26)20(24)13-22(27)25-24)29-23(28)18-10-8-17(9-11-18)16-6-4-3-5-7-16/h3-11,19-21,26H,13-15H2,1H3,(H,25,27). The van der Waals surface area contributed by atoms with Crippen molar-refractivity contribution in [2.75, 3.05) is 6.61 Å². The maximum atomic E-state index is 12.7. The zero-order valence-electron chi connectivity index (χ0n) is 16.2. The molecule has 2 aliphatic rings. The number of aliphatic hydroxyl groups excluding tert-OH is 1. The van der Waals surface area contributed by atoms with Gasteiger partial charge in [0.15, 0.2) is 0 Å². The highest BCUT2D eigenvalue weighted by atomic mass is 16.5. The minimum absolute atomic E-state index is 0.0718. The van der Waals surface area contributed by atoms with E-state index in [2.05, 4.69) is 17.2 Å². The van der Waals surface area contributed by atoms with Gasteiger partial charge in [0.1, 0.15) is 11.6 Å². The maximum absolute atomic E-state index is 12.7. The third-order valence-electron chi connectivity index (χ3n) is 5.96. The van der Waals surface area contributed by atoms with E-state index in [4.69, 9.17) is 4.74 Å². The summed E-state index contributed by atoms with van der Waals surface area (Å²) in [4.78, 5) is 24.7. The highest BCUT2D eigenvalue weighted by Gasteiger charge is 2.59. The Hall–Kier alpha value is -3.10. The highest BCUT2D eigenvalue weighted by molar-refractivity contribution is 5.90. The fourth-order valence-electron chi connectivity index (χ4n) is 4.62. The summed E-state index contributed by atoms with van der Waals surface area (Å²) >= 11 is 0. The van der Waals surface area contributed by atoms with Crippen LogP contribution in [0.1, 0.15) is 30.1 Å². The summed E-state index contributed by atoms with van der Waals surface area (Å²) < 4.78 is 5.77. The van der Waals surface area contributed by atoms with Crippen LogP contribution in [-0.4, -0.2) is 35.2 Å². The van der Waals surface area contributed by atoms with Crippen LogP contribution in [0.2, 0.25) is 0 Å². The van der Waals surface area contributed by atoms with Crippen molar-refractivity contribution in [3.05, 3.63) is 60.2 Å². The largest absolute Gasteiger partial charge is 0.458 e. The summed E-state index contributed by atoms with van der Waals surface area (Å²) in [6.45, 7) is 1.57. The number of rotatable bonds is 4. The van der Waals surface area contributed by atoms with Gasteiger partial charge in [-0.15, -0.1) is 5.92 Å². The van der Waals surface area contributed by atoms with Crippen LogP contribution >= 0.6 is 0 Å². The molecule has 29 heavy (non-hydrogen) atoms. The van der Waals surface area contributed by atoms with Crippen LogP contribution in [0.4, 0.5) is 0 Å². The Balaban J connectivity index is 1.51. The van der Waals surface area contributed by atoms with Crippen LogP contribution in [0.15, 0.2) is 54.6 Å². The molecule has 5 nitrogen and oxygen atoms in total. The number of amides is 1. The fourth-order valence-corrected chi connectivity index (χ4v) is 4.62. The van der Waals surface area contributed by atoms with Gasteiger partial charge in [0, 0.05) is 31.3 Å². The lowest BCUT2D eigenvalue weighted by atomic mass is 9.85. The summed E-state index contributed by atoms with van der Waals surface area (Å²) in [7, 11) is 0. The molecule has 0 spiro atoms. The molecule has 4 unspecified atom stereocenters. The molecule has 2 N–H and O–H groups in total. The number of esters is 1. The van der Waals surface area contributed by atoms with Crippen LogP contribution in [-0.2, 0) is 9.53 Å². The Morgan fingerprint density at radius 1 is 1.17 bits per heavy atom. The van der Waals surface area contributed by atoms with Gasteiger partial charge < -0.3 is 15.2 Å². The second-order valence-electron chi connectivity index (χ2n) is 7.64. The van der Waals surface area contributed by atoms with Crippen molar-refractivity contribution in [3.63, 3.8) is 0 Å². The molecule has 4 rings (SSSR count). The number of aliphatic hydroxyl groups is 1. The van der Waals surface area contributed by atoms with E-state index in [1.165, 1.54) is 0 Å². The van der Waals surface area contributed by atoms with Crippen LogP contribution in [0.5, 0.6) is 0 Å². The zero-order valence-corrected chi connectivity index (χ0v) is 16.2. The molecule has 0 radical (unpaired) electrons. The monoisotopic (exact) mass is 389 g/mol. The summed E-state index contributed by atoms with van der Waals surface area (Å²) in [6.07, 6.45) is 0.191. The van der Waals surface area contributed by atoms with E-state index in [1.54, 1.807) is 19.1 Å². The first-order valence-electron chi connectivity index (χ1n) is 9.78. The van der Waals surface area contributed by atoms with Gasteiger partial charge in [-0.05, 0) is 30.2 Å². The van der Waals surface area contributed by atoms with E-state index in [9.17, 15) is 14.7 Å². The Labute approximate surface area is 170 Å². The lowest BCUT2D eigenvalue weighted by Crippen LogP contribution is -2.42. The summed E-state index contributed by atoms with van der Waals surface area (Å²) in [5.41, 5.74) is 1.83. The van der Waals surface area contributed by atoms with E-state index in [-0.39, 0.29) is 24.3 Å². The molecule has 1 saturated heterocycles. The molecule has 4 atom stereocenters. The number of carbonyl (C=O) groups is 2. The summed E-state index contributed by atoms with van der Waals surface area (Å²) in [5.74, 6) is 4.99. The topological polar surface area (TPSA) is 75.6 Å². The molecular weight excluding hydrogens is 366 g/mol. The highest BCUT2D eigenvalue weighted by Crippen LogP contribution is 2.47.